The Kier molecular flexibility index (Phi) is 6.15. The van der Waals surface area contributed by atoms with Crippen LogP contribution in [0.5, 0.6) is 5.75 Å². The van der Waals surface area contributed by atoms with Gasteiger partial charge in [-0.25, -0.2) is 4.98 Å². The first-order chi connectivity index (χ1) is 17.1. The van der Waals surface area contributed by atoms with Gasteiger partial charge in [-0.1, -0.05) is 67.8 Å². The van der Waals surface area contributed by atoms with Crippen molar-refractivity contribution >= 4 is 0 Å². The van der Waals surface area contributed by atoms with Crippen molar-refractivity contribution in [3.63, 3.8) is 0 Å². The summed E-state index contributed by atoms with van der Waals surface area (Å²) in [5, 5.41) is 12.2. The summed E-state index contributed by atoms with van der Waals surface area (Å²) in [6.45, 7) is 4.12. The predicted octanol–water partition coefficient (Wildman–Crippen LogP) is 5.68. The molecule has 3 aromatic rings. The molecule has 0 spiro atoms. The van der Waals surface area contributed by atoms with Crippen LogP contribution in [0.1, 0.15) is 62.2 Å². The number of quaternary nitrogens is 1. The van der Waals surface area contributed by atoms with Gasteiger partial charge in [0.15, 0.2) is 17.5 Å². The van der Waals surface area contributed by atoms with Crippen molar-refractivity contribution in [3.8, 4) is 5.75 Å². The molecule has 0 amide bonds. The second-order valence-electron chi connectivity index (χ2n) is 11.0. The number of para-hydroxylation sites is 1. The van der Waals surface area contributed by atoms with Crippen LogP contribution in [0, 0.1) is 11.8 Å². The lowest BCUT2D eigenvalue weighted by Crippen LogP contribution is -2.64. The molecule has 4 fully saturated rings. The van der Waals surface area contributed by atoms with Crippen LogP contribution in [-0.4, -0.2) is 40.3 Å². The van der Waals surface area contributed by atoms with Crippen molar-refractivity contribution in [2.24, 2.45) is 11.8 Å². The Morgan fingerprint density at radius 1 is 0.914 bits per heavy atom. The molecule has 3 saturated heterocycles. The number of hydrogen-bond acceptors (Lipinski definition) is 4. The van der Waals surface area contributed by atoms with E-state index in [-0.39, 0.29) is 12.0 Å². The third-order valence-corrected chi connectivity index (χ3v) is 8.85. The van der Waals surface area contributed by atoms with E-state index in [0.29, 0.717) is 11.8 Å². The van der Waals surface area contributed by atoms with E-state index in [1.54, 1.807) is 0 Å². The average molecular weight is 474 g/mol. The summed E-state index contributed by atoms with van der Waals surface area (Å²) >= 11 is 0. The third-order valence-electron chi connectivity index (χ3n) is 8.85. The number of piperidine rings is 3. The van der Waals surface area contributed by atoms with Gasteiger partial charge in [0.05, 0.1) is 19.3 Å². The predicted molar refractivity (Wildman–Crippen MR) is 135 cm³/mol. The van der Waals surface area contributed by atoms with Crippen LogP contribution >= 0.6 is 0 Å². The summed E-state index contributed by atoms with van der Waals surface area (Å²) in [5.41, 5.74) is -0.282. The summed E-state index contributed by atoms with van der Waals surface area (Å²) < 4.78 is 13.9. The summed E-state index contributed by atoms with van der Waals surface area (Å²) in [7, 11) is 0. The topological polar surface area (TPSA) is 55.5 Å². The standard InChI is InChI=1S/C30H37N2O3/c33-30(24-10-4-1-5-11-24,25-12-6-2-7-13-25)29-31-20-27(35-29)21-32-18-16-23(17-19-32)28(22-32)34-26-14-8-3-9-15-26/h1,3-5,8-11,14-15,20,23,25,28,33H,2,6-7,12-13,16-19,21-22H2/q+1/t23?,28?,30-,32?/m0/s1. The van der Waals surface area contributed by atoms with Crippen molar-refractivity contribution < 1.29 is 18.7 Å². The number of aliphatic hydroxyl groups is 1. The Morgan fingerprint density at radius 3 is 2.31 bits per heavy atom. The quantitative estimate of drug-likeness (QED) is 0.449. The van der Waals surface area contributed by atoms with E-state index in [9.17, 15) is 5.11 Å². The number of rotatable bonds is 7. The highest BCUT2D eigenvalue weighted by Crippen LogP contribution is 2.44. The molecular weight excluding hydrogens is 436 g/mol. The third kappa shape index (κ3) is 4.41. The molecule has 1 aromatic heterocycles. The monoisotopic (exact) mass is 473 g/mol. The zero-order valence-corrected chi connectivity index (χ0v) is 20.5. The second-order valence-corrected chi connectivity index (χ2v) is 11.0. The molecule has 7 rings (SSSR count). The smallest absolute Gasteiger partial charge is 0.231 e. The molecule has 1 N–H and O–H groups in total. The number of oxazole rings is 1. The van der Waals surface area contributed by atoms with Gasteiger partial charge in [0, 0.05) is 24.7 Å². The molecular formula is C30H37N2O3+. The Morgan fingerprint density at radius 2 is 1.60 bits per heavy atom. The summed E-state index contributed by atoms with van der Waals surface area (Å²) in [5.74, 6) is 3.07. The highest BCUT2D eigenvalue weighted by atomic mass is 16.5. The largest absolute Gasteiger partial charge is 0.484 e. The first-order valence-electron chi connectivity index (χ1n) is 13.4. The second kappa shape index (κ2) is 9.44. The van der Waals surface area contributed by atoms with Crippen LogP contribution in [-0.2, 0) is 12.1 Å². The number of ether oxygens (including phenoxy) is 1. The minimum atomic E-state index is -1.17. The number of nitrogens with zero attached hydrogens (tertiary/aromatic N) is 2. The lowest BCUT2D eigenvalue weighted by atomic mass is 9.73. The molecule has 35 heavy (non-hydrogen) atoms. The van der Waals surface area contributed by atoms with E-state index in [0.717, 1.165) is 73.4 Å². The fraction of sp³-hybridized carbons (Fsp3) is 0.500. The van der Waals surface area contributed by atoms with Crippen LogP contribution in [0.25, 0.3) is 0 Å². The van der Waals surface area contributed by atoms with Crippen LogP contribution in [0.15, 0.2) is 71.3 Å². The number of fused-ring (bicyclic) bond motifs is 3. The van der Waals surface area contributed by atoms with Gasteiger partial charge in [-0.3, -0.25) is 0 Å². The molecule has 1 unspecified atom stereocenters. The number of benzene rings is 2. The van der Waals surface area contributed by atoms with Crippen molar-refractivity contribution in [1.82, 2.24) is 4.98 Å². The minimum absolute atomic E-state index is 0.131. The van der Waals surface area contributed by atoms with E-state index in [2.05, 4.69) is 12.1 Å². The molecule has 1 aliphatic carbocycles. The lowest BCUT2D eigenvalue weighted by Gasteiger charge is -2.51. The number of aromatic nitrogens is 1. The molecule has 3 aliphatic heterocycles. The molecule has 4 heterocycles. The minimum Gasteiger partial charge on any atom is -0.484 e. The van der Waals surface area contributed by atoms with Crippen LogP contribution in [0.2, 0.25) is 0 Å². The van der Waals surface area contributed by atoms with Crippen molar-refractivity contribution in [2.75, 3.05) is 19.6 Å². The first kappa shape index (κ1) is 22.8. The van der Waals surface area contributed by atoms with E-state index in [1.165, 1.54) is 19.3 Å². The van der Waals surface area contributed by atoms with Gasteiger partial charge in [0.1, 0.15) is 18.8 Å². The normalized spacial score (nSPS) is 28.5. The van der Waals surface area contributed by atoms with E-state index in [4.69, 9.17) is 14.1 Å². The molecule has 5 heteroatoms. The highest BCUT2D eigenvalue weighted by molar-refractivity contribution is 5.30. The van der Waals surface area contributed by atoms with Crippen molar-refractivity contribution in [3.05, 3.63) is 84.1 Å². The molecule has 2 atom stereocenters. The molecule has 1 saturated carbocycles. The molecule has 184 valence electrons. The first-order valence-corrected chi connectivity index (χ1v) is 13.4. The summed E-state index contributed by atoms with van der Waals surface area (Å²) in [6.07, 6.45) is 10.0. The zero-order valence-electron chi connectivity index (χ0n) is 20.5. The van der Waals surface area contributed by atoms with Crippen LogP contribution in [0.4, 0.5) is 0 Å². The average Bonchev–Trinajstić information content (AvgIpc) is 3.39. The van der Waals surface area contributed by atoms with Crippen molar-refractivity contribution in [2.45, 2.75) is 63.2 Å². The maximum absolute atomic E-state index is 12.2. The van der Waals surface area contributed by atoms with Gasteiger partial charge in [0.25, 0.3) is 0 Å². The fourth-order valence-corrected chi connectivity index (χ4v) is 6.88. The van der Waals surface area contributed by atoms with Gasteiger partial charge < -0.3 is 18.7 Å². The maximum Gasteiger partial charge on any atom is 0.231 e. The number of hydrogen-bond donors (Lipinski definition) is 1. The van der Waals surface area contributed by atoms with Gasteiger partial charge >= 0.3 is 0 Å². The molecule has 2 aromatic carbocycles. The molecule has 2 bridgehead atoms. The lowest BCUT2D eigenvalue weighted by molar-refractivity contribution is -0.958. The molecule has 0 radical (unpaired) electrons. The van der Waals surface area contributed by atoms with E-state index in [1.807, 2.05) is 54.7 Å². The summed E-state index contributed by atoms with van der Waals surface area (Å²) in [6, 6.07) is 20.2. The molecule has 4 aliphatic rings. The highest BCUT2D eigenvalue weighted by Gasteiger charge is 2.49. The fourth-order valence-electron chi connectivity index (χ4n) is 6.88. The Labute approximate surface area is 208 Å². The molecule has 5 nitrogen and oxygen atoms in total. The SMILES string of the molecule is O[C@](c1ccccc1)(c1ncc(C[N+]23CCC(CC2)C(Oc2ccccc2)C3)o1)C1CCCCC1. The van der Waals surface area contributed by atoms with Gasteiger partial charge in [-0.2, -0.15) is 0 Å². The zero-order chi connectivity index (χ0) is 23.7. The Bertz CT molecular complexity index is 1100. The van der Waals surface area contributed by atoms with Crippen molar-refractivity contribution in [1.29, 1.82) is 0 Å². The summed E-state index contributed by atoms with van der Waals surface area (Å²) in [4.78, 5) is 4.71. The van der Waals surface area contributed by atoms with Crippen LogP contribution in [0.3, 0.4) is 0 Å². The van der Waals surface area contributed by atoms with E-state index >= 15 is 0 Å². The van der Waals surface area contributed by atoms with Gasteiger partial charge in [0.2, 0.25) is 5.89 Å². The Hall–Kier alpha value is -2.63. The van der Waals surface area contributed by atoms with Gasteiger partial charge in [-0.15, -0.1) is 0 Å². The van der Waals surface area contributed by atoms with Crippen LogP contribution < -0.4 is 4.74 Å². The van der Waals surface area contributed by atoms with Gasteiger partial charge in [-0.05, 0) is 30.5 Å². The van der Waals surface area contributed by atoms with E-state index < -0.39 is 5.60 Å². The maximum atomic E-state index is 12.2. The Balaban J connectivity index is 1.24.